The number of nitrogens with zero attached hydrogens (tertiary/aromatic N) is 1. The number of nitrogens with one attached hydrogen (secondary N) is 3. The van der Waals surface area contributed by atoms with E-state index < -0.39 is 16.1 Å². The van der Waals surface area contributed by atoms with Crippen molar-refractivity contribution in [1.29, 1.82) is 5.26 Å². The molecule has 0 radical (unpaired) electrons. The number of hydrogen-bond donors (Lipinski definition) is 3. The molecule has 0 bridgehead atoms. The highest BCUT2D eigenvalue weighted by atomic mass is 32.2. The first kappa shape index (κ1) is 24.6. The van der Waals surface area contributed by atoms with Crippen LogP contribution < -0.4 is 15.4 Å². The van der Waals surface area contributed by atoms with Crippen molar-refractivity contribution < 1.29 is 13.2 Å². The number of benzene rings is 3. The average molecular weight is 489 g/mol. The van der Waals surface area contributed by atoms with Crippen molar-refractivity contribution >= 4 is 15.9 Å². The van der Waals surface area contributed by atoms with E-state index in [1.165, 1.54) is 12.1 Å². The summed E-state index contributed by atoms with van der Waals surface area (Å²) in [5.41, 5.74) is 2.32. The van der Waals surface area contributed by atoms with Crippen molar-refractivity contribution in [3.05, 3.63) is 102 Å². The molecule has 0 aromatic heterocycles. The molecule has 0 spiro atoms. The van der Waals surface area contributed by atoms with Gasteiger partial charge >= 0.3 is 0 Å². The number of amides is 1. The zero-order chi connectivity index (χ0) is 24.7. The largest absolute Gasteiger partial charge is 0.355 e. The maximum absolute atomic E-state index is 13.1. The minimum atomic E-state index is -3.89. The first-order chi connectivity index (χ1) is 17.0. The molecule has 7 nitrogen and oxygen atoms in total. The molecule has 1 aliphatic rings. The van der Waals surface area contributed by atoms with Gasteiger partial charge < -0.3 is 10.6 Å². The number of nitriles is 1. The highest BCUT2D eigenvalue weighted by Crippen LogP contribution is 2.24. The summed E-state index contributed by atoms with van der Waals surface area (Å²) < 4.78 is 28.5. The molecule has 1 aliphatic heterocycles. The monoisotopic (exact) mass is 488 g/mol. The first-order valence-corrected chi connectivity index (χ1v) is 13.1. The van der Waals surface area contributed by atoms with Gasteiger partial charge in [-0.15, -0.1) is 0 Å². The highest BCUT2D eigenvalue weighted by Gasteiger charge is 2.31. The molecule has 1 fully saturated rings. The van der Waals surface area contributed by atoms with E-state index in [4.69, 9.17) is 0 Å². The Bertz CT molecular complexity index is 1250. The third-order valence-electron chi connectivity index (χ3n) is 6.22. The Hall–Kier alpha value is -3.51. The van der Waals surface area contributed by atoms with Gasteiger partial charge in [-0.25, -0.2) is 13.1 Å². The fraction of sp³-hybridized carbons (Fsp3) is 0.259. The predicted octanol–water partition coefficient (Wildman–Crippen LogP) is 2.76. The van der Waals surface area contributed by atoms with E-state index in [2.05, 4.69) is 39.6 Å². The number of carbonyl (C=O) groups is 1. The molecule has 2 atom stereocenters. The molecular formula is C27H28N4O3S. The summed E-state index contributed by atoms with van der Waals surface area (Å²) in [6.45, 7) is 1.32. The second-order valence-corrected chi connectivity index (χ2v) is 10.3. The lowest BCUT2D eigenvalue weighted by Crippen LogP contribution is -2.52. The number of sulfonamides is 1. The normalized spacial score (nSPS) is 18.1. The summed E-state index contributed by atoms with van der Waals surface area (Å²) in [4.78, 5) is 13.0. The SMILES string of the molecule is N#Cc1ccccc1S(=O)(=O)N[C@H]1CNC[C@@H](C(=O)NCC(c2ccccc2)c2ccccc2)C1. The Morgan fingerprint density at radius 1 is 0.943 bits per heavy atom. The zero-order valence-corrected chi connectivity index (χ0v) is 20.0. The summed E-state index contributed by atoms with van der Waals surface area (Å²) in [5.74, 6) is -0.486. The molecule has 3 aromatic rings. The maximum atomic E-state index is 13.1. The standard InChI is InChI=1S/C27H28N4O3S/c28-16-22-13-7-8-14-26(22)35(33,34)31-24-15-23(17-29-18-24)27(32)30-19-25(20-9-3-1-4-10-20)21-11-5-2-6-12-21/h1-14,23-25,29,31H,15,17-19H2,(H,30,32)/t23-,24+/m0/s1. The van der Waals surface area contributed by atoms with Gasteiger partial charge in [0, 0.05) is 31.6 Å². The first-order valence-electron chi connectivity index (χ1n) is 11.6. The van der Waals surface area contributed by atoms with Crippen LogP contribution in [0, 0.1) is 17.2 Å². The van der Waals surface area contributed by atoms with Crippen LogP contribution >= 0.6 is 0 Å². The van der Waals surface area contributed by atoms with Crippen molar-refractivity contribution in [1.82, 2.24) is 15.4 Å². The molecule has 3 aromatic carbocycles. The summed E-state index contributed by atoms with van der Waals surface area (Å²) in [7, 11) is -3.89. The van der Waals surface area contributed by atoms with Crippen LogP contribution in [0.5, 0.6) is 0 Å². The molecule has 35 heavy (non-hydrogen) atoms. The number of rotatable bonds is 8. The van der Waals surface area contributed by atoms with E-state index in [0.717, 1.165) is 11.1 Å². The molecule has 180 valence electrons. The third-order valence-corrected chi connectivity index (χ3v) is 7.80. The van der Waals surface area contributed by atoms with Crippen molar-refractivity contribution in [2.75, 3.05) is 19.6 Å². The van der Waals surface area contributed by atoms with E-state index in [1.54, 1.807) is 12.1 Å². The van der Waals surface area contributed by atoms with Gasteiger partial charge in [-0.3, -0.25) is 4.79 Å². The molecule has 1 amide bonds. The Kier molecular flexibility index (Phi) is 7.93. The van der Waals surface area contributed by atoms with Gasteiger partial charge in [-0.05, 0) is 29.7 Å². The highest BCUT2D eigenvalue weighted by molar-refractivity contribution is 7.89. The molecular weight excluding hydrogens is 460 g/mol. The second kappa shape index (κ2) is 11.3. The molecule has 0 aliphatic carbocycles. The minimum Gasteiger partial charge on any atom is -0.355 e. The van der Waals surface area contributed by atoms with Crippen LogP contribution in [-0.4, -0.2) is 40.0 Å². The molecule has 3 N–H and O–H groups in total. The van der Waals surface area contributed by atoms with Gasteiger partial charge in [0.05, 0.1) is 16.4 Å². The topological polar surface area (TPSA) is 111 Å². The Labute approximate surface area is 206 Å². The summed E-state index contributed by atoms with van der Waals surface area (Å²) in [6, 6.07) is 27.6. The number of hydrogen-bond acceptors (Lipinski definition) is 5. The van der Waals surface area contributed by atoms with Crippen LogP contribution in [0.3, 0.4) is 0 Å². The molecule has 4 rings (SSSR count). The second-order valence-electron chi connectivity index (χ2n) is 8.64. The van der Waals surface area contributed by atoms with Crippen LogP contribution in [0.4, 0.5) is 0 Å². The number of piperidine rings is 1. The van der Waals surface area contributed by atoms with Gasteiger partial charge in [-0.2, -0.15) is 5.26 Å². The van der Waals surface area contributed by atoms with Gasteiger partial charge in [0.1, 0.15) is 6.07 Å². The van der Waals surface area contributed by atoms with Crippen LogP contribution in [0.2, 0.25) is 0 Å². The van der Waals surface area contributed by atoms with Gasteiger partial charge in [-0.1, -0.05) is 72.8 Å². The fourth-order valence-corrected chi connectivity index (χ4v) is 5.86. The predicted molar refractivity (Wildman–Crippen MR) is 134 cm³/mol. The van der Waals surface area contributed by atoms with E-state index in [9.17, 15) is 18.5 Å². The fourth-order valence-electron chi connectivity index (χ4n) is 4.45. The Morgan fingerprint density at radius 2 is 1.54 bits per heavy atom. The van der Waals surface area contributed by atoms with Crippen molar-refractivity contribution in [2.45, 2.75) is 23.3 Å². The maximum Gasteiger partial charge on any atom is 0.242 e. The van der Waals surface area contributed by atoms with Crippen LogP contribution in [0.15, 0.2) is 89.8 Å². The molecule has 1 saturated heterocycles. The van der Waals surface area contributed by atoms with Gasteiger partial charge in [0.15, 0.2) is 0 Å². The van der Waals surface area contributed by atoms with E-state index >= 15 is 0 Å². The van der Waals surface area contributed by atoms with Crippen molar-refractivity contribution in [3.8, 4) is 6.07 Å². The molecule has 1 heterocycles. The third kappa shape index (κ3) is 6.14. The Balaban J connectivity index is 1.41. The van der Waals surface area contributed by atoms with E-state index in [-0.39, 0.29) is 28.2 Å². The van der Waals surface area contributed by atoms with Crippen molar-refractivity contribution in [2.24, 2.45) is 5.92 Å². The number of carbonyl (C=O) groups excluding carboxylic acids is 1. The zero-order valence-electron chi connectivity index (χ0n) is 19.2. The smallest absolute Gasteiger partial charge is 0.242 e. The van der Waals surface area contributed by atoms with Gasteiger partial charge in [0.2, 0.25) is 15.9 Å². The van der Waals surface area contributed by atoms with Crippen molar-refractivity contribution in [3.63, 3.8) is 0 Å². The quantitative estimate of drug-likeness (QED) is 0.452. The molecule has 8 heteroatoms. The van der Waals surface area contributed by atoms with E-state index in [1.807, 2.05) is 42.5 Å². The summed E-state index contributed by atoms with van der Waals surface area (Å²) in [5, 5.41) is 15.5. The minimum absolute atomic E-state index is 0.00897. The van der Waals surface area contributed by atoms with Crippen LogP contribution in [0.1, 0.15) is 29.0 Å². The van der Waals surface area contributed by atoms with Crippen LogP contribution in [-0.2, 0) is 14.8 Å². The summed E-state index contributed by atoms with van der Waals surface area (Å²) >= 11 is 0. The van der Waals surface area contributed by atoms with Crippen LogP contribution in [0.25, 0.3) is 0 Å². The van der Waals surface area contributed by atoms with E-state index in [0.29, 0.717) is 26.1 Å². The lowest BCUT2D eigenvalue weighted by molar-refractivity contribution is -0.125. The molecule has 0 saturated carbocycles. The lowest BCUT2D eigenvalue weighted by atomic mass is 9.90. The Morgan fingerprint density at radius 3 is 2.17 bits per heavy atom. The van der Waals surface area contributed by atoms with Gasteiger partial charge in [0.25, 0.3) is 0 Å². The molecule has 0 unspecified atom stereocenters. The average Bonchev–Trinajstić information content (AvgIpc) is 2.90. The lowest BCUT2D eigenvalue weighted by Gasteiger charge is -2.30. The summed E-state index contributed by atoms with van der Waals surface area (Å²) in [6.07, 6.45) is 0.369.